The van der Waals surface area contributed by atoms with Gasteiger partial charge in [0.2, 0.25) is 5.91 Å². The number of nitrogens with one attached hydrogen (secondary N) is 1. The number of hydrogen-bond acceptors (Lipinski definition) is 3. The van der Waals surface area contributed by atoms with Crippen molar-refractivity contribution in [3.63, 3.8) is 0 Å². The number of benzene rings is 1. The monoisotopic (exact) mass is 226 g/mol. The van der Waals surface area contributed by atoms with Gasteiger partial charge in [-0.05, 0) is 18.2 Å². The van der Waals surface area contributed by atoms with Crippen LogP contribution in [0.2, 0.25) is 0 Å². The van der Waals surface area contributed by atoms with Gasteiger partial charge < -0.3 is 15.2 Å². The third-order valence-corrected chi connectivity index (χ3v) is 1.56. The Morgan fingerprint density at radius 1 is 1.25 bits per heavy atom. The van der Waals surface area contributed by atoms with Crippen LogP contribution >= 0.6 is 0 Å². The lowest BCUT2D eigenvalue weighted by atomic mass is 10.3. The van der Waals surface area contributed by atoms with Crippen LogP contribution in [-0.2, 0) is 9.59 Å². The number of hydrogen-bond donors (Lipinski definition) is 1. The number of halogens is 2. The molecule has 0 fully saturated rings. The summed E-state index contributed by atoms with van der Waals surface area (Å²) in [7, 11) is 0. The largest absolute Gasteiger partial charge is 0.545 e. The maximum atomic E-state index is 13.0. The van der Waals surface area contributed by atoms with Gasteiger partial charge in [0.1, 0.15) is 11.6 Å². The van der Waals surface area contributed by atoms with Gasteiger partial charge in [-0.1, -0.05) is 0 Å². The van der Waals surface area contributed by atoms with Crippen molar-refractivity contribution in [1.82, 2.24) is 0 Å². The van der Waals surface area contributed by atoms with Crippen LogP contribution in [0.1, 0.15) is 0 Å². The zero-order chi connectivity index (χ0) is 12.1. The molecular weight excluding hydrogens is 220 g/mol. The van der Waals surface area contributed by atoms with E-state index in [9.17, 15) is 23.5 Å². The first-order valence-electron chi connectivity index (χ1n) is 4.14. The lowest BCUT2D eigenvalue weighted by Gasteiger charge is -2.03. The second-order valence-electron chi connectivity index (χ2n) is 2.77. The second kappa shape index (κ2) is 5.01. The van der Waals surface area contributed by atoms with Gasteiger partial charge in [0.25, 0.3) is 0 Å². The van der Waals surface area contributed by atoms with Gasteiger partial charge in [0, 0.05) is 12.1 Å². The predicted octanol–water partition coefficient (Wildman–Crippen LogP) is 0.209. The lowest BCUT2D eigenvalue weighted by molar-refractivity contribution is -0.297. The molecule has 0 unspecified atom stereocenters. The van der Waals surface area contributed by atoms with Crippen molar-refractivity contribution in [1.29, 1.82) is 0 Å². The first kappa shape index (κ1) is 11.8. The third kappa shape index (κ3) is 3.49. The van der Waals surface area contributed by atoms with Crippen LogP contribution in [0.5, 0.6) is 0 Å². The first-order chi connectivity index (χ1) is 7.49. The standard InChI is InChI=1S/C10H7F2NO3/c11-6-1-2-8(7(12)5-6)13-9(14)3-4-10(15)16/h1-5H,(H,13,14)(H,15,16)/p-1/b4-3+. The molecule has 0 saturated carbocycles. The third-order valence-electron chi connectivity index (χ3n) is 1.56. The molecule has 1 aromatic carbocycles. The van der Waals surface area contributed by atoms with E-state index in [0.29, 0.717) is 18.2 Å². The van der Waals surface area contributed by atoms with Gasteiger partial charge in [0.05, 0.1) is 11.7 Å². The molecule has 0 heterocycles. The molecule has 0 spiro atoms. The highest BCUT2D eigenvalue weighted by Gasteiger charge is 2.05. The molecule has 0 saturated heterocycles. The van der Waals surface area contributed by atoms with Crippen LogP contribution in [0.25, 0.3) is 0 Å². The van der Waals surface area contributed by atoms with Gasteiger partial charge in [-0.15, -0.1) is 0 Å². The SMILES string of the molecule is O=C([O-])/C=C/C(=O)Nc1ccc(F)cc1F. The van der Waals surface area contributed by atoms with Gasteiger partial charge in [-0.25, -0.2) is 8.78 Å². The number of carbonyl (C=O) groups is 2. The molecule has 84 valence electrons. The Labute approximate surface area is 89.2 Å². The van der Waals surface area contributed by atoms with Crippen LogP contribution in [0.3, 0.4) is 0 Å². The van der Waals surface area contributed by atoms with Crippen molar-refractivity contribution in [2.45, 2.75) is 0 Å². The van der Waals surface area contributed by atoms with Crippen molar-refractivity contribution < 1.29 is 23.5 Å². The molecule has 1 N–H and O–H groups in total. The van der Waals surface area contributed by atoms with E-state index < -0.39 is 23.5 Å². The fraction of sp³-hybridized carbons (Fsp3) is 0. The van der Waals surface area contributed by atoms with E-state index in [-0.39, 0.29) is 5.69 Å². The minimum absolute atomic E-state index is 0.241. The molecule has 1 aromatic rings. The summed E-state index contributed by atoms with van der Waals surface area (Å²) in [5, 5.41) is 12.0. The highest BCUT2D eigenvalue weighted by molar-refractivity contribution is 6.02. The zero-order valence-corrected chi connectivity index (χ0v) is 7.87. The molecule has 0 aliphatic rings. The summed E-state index contributed by atoms with van der Waals surface area (Å²) in [5.41, 5.74) is -0.241. The van der Waals surface area contributed by atoms with Gasteiger partial charge >= 0.3 is 0 Å². The number of anilines is 1. The van der Waals surface area contributed by atoms with Crippen LogP contribution in [0.15, 0.2) is 30.4 Å². The minimum Gasteiger partial charge on any atom is -0.545 e. The topological polar surface area (TPSA) is 69.2 Å². The number of carboxylic acids is 1. The molecule has 1 rings (SSSR count). The van der Waals surface area contributed by atoms with Crippen molar-refractivity contribution >= 4 is 17.6 Å². The fourth-order valence-corrected chi connectivity index (χ4v) is 0.909. The minimum atomic E-state index is -1.55. The average molecular weight is 226 g/mol. The highest BCUT2D eigenvalue weighted by atomic mass is 19.1. The van der Waals surface area contributed by atoms with E-state index in [2.05, 4.69) is 0 Å². The van der Waals surface area contributed by atoms with Crippen LogP contribution < -0.4 is 10.4 Å². The average Bonchev–Trinajstić information content (AvgIpc) is 2.19. The zero-order valence-electron chi connectivity index (χ0n) is 7.87. The Hall–Kier alpha value is -2.24. The molecule has 0 aliphatic carbocycles. The van der Waals surface area contributed by atoms with E-state index in [1.165, 1.54) is 0 Å². The number of rotatable bonds is 3. The Balaban J connectivity index is 2.73. The number of aliphatic carboxylic acids is 1. The van der Waals surface area contributed by atoms with E-state index in [4.69, 9.17) is 0 Å². The van der Waals surface area contributed by atoms with Crippen LogP contribution in [-0.4, -0.2) is 11.9 Å². The summed E-state index contributed by atoms with van der Waals surface area (Å²) < 4.78 is 25.5. The van der Waals surface area contributed by atoms with E-state index in [1.807, 2.05) is 5.32 Å². The molecule has 0 aliphatic heterocycles. The summed E-state index contributed by atoms with van der Waals surface area (Å²) in [6, 6.07) is 2.58. The summed E-state index contributed by atoms with van der Waals surface area (Å²) in [6.45, 7) is 0. The maximum absolute atomic E-state index is 13.0. The van der Waals surface area contributed by atoms with Gasteiger partial charge in [-0.3, -0.25) is 4.79 Å². The maximum Gasteiger partial charge on any atom is 0.248 e. The van der Waals surface area contributed by atoms with E-state index in [1.54, 1.807) is 0 Å². The van der Waals surface area contributed by atoms with Gasteiger partial charge in [-0.2, -0.15) is 0 Å². The van der Waals surface area contributed by atoms with Crippen molar-refractivity contribution in [2.24, 2.45) is 0 Å². The fourth-order valence-electron chi connectivity index (χ4n) is 0.909. The summed E-state index contributed by atoms with van der Waals surface area (Å²) in [5.74, 6) is -4.12. The van der Waals surface area contributed by atoms with Crippen LogP contribution in [0, 0.1) is 11.6 Å². The second-order valence-corrected chi connectivity index (χ2v) is 2.77. The van der Waals surface area contributed by atoms with Crippen molar-refractivity contribution in [3.05, 3.63) is 42.0 Å². The van der Waals surface area contributed by atoms with Crippen molar-refractivity contribution in [2.75, 3.05) is 5.32 Å². The molecule has 4 nitrogen and oxygen atoms in total. The summed E-state index contributed by atoms with van der Waals surface area (Å²) in [4.78, 5) is 21.0. The lowest BCUT2D eigenvalue weighted by Crippen LogP contribution is -2.20. The Morgan fingerprint density at radius 3 is 2.50 bits per heavy atom. The van der Waals surface area contributed by atoms with Gasteiger partial charge in [0.15, 0.2) is 0 Å². The molecule has 0 bridgehead atoms. The van der Waals surface area contributed by atoms with Crippen molar-refractivity contribution in [3.8, 4) is 0 Å². The first-order valence-corrected chi connectivity index (χ1v) is 4.14. The number of amides is 1. The molecule has 16 heavy (non-hydrogen) atoms. The van der Waals surface area contributed by atoms with Crippen LogP contribution in [0.4, 0.5) is 14.5 Å². The molecule has 0 atom stereocenters. The van der Waals surface area contributed by atoms with E-state index >= 15 is 0 Å². The molecule has 1 amide bonds. The Kier molecular flexibility index (Phi) is 3.71. The molecule has 6 heteroatoms. The Bertz CT molecular complexity index is 457. The normalized spacial score (nSPS) is 10.4. The Morgan fingerprint density at radius 2 is 1.94 bits per heavy atom. The summed E-state index contributed by atoms with van der Waals surface area (Å²) >= 11 is 0. The quantitative estimate of drug-likeness (QED) is 0.749. The predicted molar refractivity (Wildman–Crippen MR) is 49.1 cm³/mol. The molecule has 0 radical (unpaired) electrons. The number of carboxylic acid groups (broad SMARTS) is 1. The smallest absolute Gasteiger partial charge is 0.248 e. The van der Waals surface area contributed by atoms with E-state index in [0.717, 1.165) is 12.1 Å². The highest BCUT2D eigenvalue weighted by Crippen LogP contribution is 2.14. The molecule has 0 aromatic heterocycles. The summed E-state index contributed by atoms with van der Waals surface area (Å²) in [6.07, 6.45) is 1.16. The molecular formula is C10H6F2NO3-. The number of carbonyl (C=O) groups excluding carboxylic acids is 2.